The Hall–Kier alpha value is 0.507. The first-order chi connectivity index (χ1) is 4.60. The second-order valence-corrected chi connectivity index (χ2v) is 9.55. The number of halogens is 1. The average Bonchev–Trinajstić information content (AvgIpc) is 2.01. The molecule has 0 amide bonds. The van der Waals surface area contributed by atoms with Gasteiger partial charge in [0.05, 0.1) is 8.07 Å². The summed E-state index contributed by atoms with van der Waals surface area (Å²) in [5.41, 5.74) is 0. The molecule has 0 aliphatic rings. The van der Waals surface area contributed by atoms with Crippen LogP contribution in [0.25, 0.3) is 0 Å². The van der Waals surface area contributed by atoms with Crippen LogP contribution in [0.2, 0.25) is 18.6 Å². The largest absolute Gasteiger partial charge is 0.127 e. The van der Waals surface area contributed by atoms with Gasteiger partial charge in [-0.3, -0.25) is 0 Å². The zero-order valence-corrected chi connectivity index (χ0v) is 9.33. The van der Waals surface area contributed by atoms with Gasteiger partial charge in [0.2, 0.25) is 0 Å². The van der Waals surface area contributed by atoms with Crippen molar-refractivity contribution < 1.29 is 0 Å². The molecule has 62 valence electrons. The number of rotatable bonds is 4. The van der Waals surface area contributed by atoms with Gasteiger partial charge in [-0.2, -0.15) is 0 Å². The number of hydrogen-bond donors (Lipinski definition) is 0. The molecule has 0 aromatic rings. The smallest absolute Gasteiger partial charge is 0.0703 e. The molecule has 2 heteroatoms. The first-order valence-electron chi connectivity index (χ1n) is 4.24. The fraction of sp³-hybridized carbons (Fsp3) is 1.00. The van der Waals surface area contributed by atoms with Crippen molar-refractivity contribution in [2.75, 3.05) is 0 Å². The van der Waals surface area contributed by atoms with E-state index in [0.717, 1.165) is 6.42 Å². The summed E-state index contributed by atoms with van der Waals surface area (Å²) < 4.78 is 0. The third kappa shape index (κ3) is 2.28. The second-order valence-electron chi connectivity index (χ2n) is 3.24. The van der Waals surface area contributed by atoms with Gasteiger partial charge in [0.25, 0.3) is 0 Å². The van der Waals surface area contributed by atoms with Crippen LogP contribution in [0.15, 0.2) is 0 Å². The zero-order chi connectivity index (χ0) is 8.20. The van der Waals surface area contributed by atoms with Gasteiger partial charge >= 0.3 is 0 Å². The van der Waals surface area contributed by atoms with Gasteiger partial charge in [-0.15, -0.1) is 11.6 Å². The lowest BCUT2D eigenvalue weighted by Crippen LogP contribution is -2.39. The highest BCUT2D eigenvalue weighted by molar-refractivity contribution is 6.85. The fourth-order valence-corrected chi connectivity index (χ4v) is 4.48. The maximum Gasteiger partial charge on any atom is 0.0703 e. The van der Waals surface area contributed by atoms with E-state index in [-0.39, 0.29) is 0 Å². The van der Waals surface area contributed by atoms with E-state index >= 15 is 0 Å². The van der Waals surface area contributed by atoms with E-state index in [1.54, 1.807) is 0 Å². The lowest BCUT2D eigenvalue weighted by molar-refractivity contribution is 0.969. The van der Waals surface area contributed by atoms with Crippen LogP contribution in [0, 0.1) is 0 Å². The van der Waals surface area contributed by atoms with Crippen LogP contribution >= 0.6 is 11.6 Å². The molecule has 0 aromatic heterocycles. The molecule has 0 N–H and O–H groups in total. The lowest BCUT2D eigenvalue weighted by atomic mass is 10.6. The predicted octanol–water partition coefficient (Wildman–Crippen LogP) is 3.66. The molecule has 0 saturated heterocycles. The normalized spacial score (nSPS) is 15.3. The van der Waals surface area contributed by atoms with Crippen LogP contribution in [-0.4, -0.2) is 13.1 Å². The minimum absolute atomic E-state index is 0.488. The standard InChI is InChI=1S/C8H19ClSi/c1-5-8(9)10(4,6-2)7-3/h8H,5-7H2,1-4H3. The summed E-state index contributed by atoms with van der Waals surface area (Å²) in [7, 11) is -1.04. The minimum atomic E-state index is -1.04. The van der Waals surface area contributed by atoms with Crippen molar-refractivity contribution >= 4 is 19.7 Å². The van der Waals surface area contributed by atoms with Gasteiger partial charge in [-0.25, -0.2) is 0 Å². The second kappa shape index (κ2) is 4.40. The molecule has 1 unspecified atom stereocenters. The van der Waals surface area contributed by atoms with Crippen molar-refractivity contribution in [2.24, 2.45) is 0 Å². The quantitative estimate of drug-likeness (QED) is 0.456. The summed E-state index contributed by atoms with van der Waals surface area (Å²) in [5, 5.41) is 0.488. The first kappa shape index (κ1) is 10.5. The average molecular weight is 179 g/mol. The van der Waals surface area contributed by atoms with Gasteiger partial charge in [-0.1, -0.05) is 39.4 Å². The van der Waals surface area contributed by atoms with Crippen molar-refractivity contribution in [3.05, 3.63) is 0 Å². The topological polar surface area (TPSA) is 0 Å². The summed E-state index contributed by atoms with van der Waals surface area (Å²) in [6, 6.07) is 2.65. The Morgan fingerprint density at radius 2 is 1.60 bits per heavy atom. The SMILES string of the molecule is CCC(Cl)[Si](C)(CC)CC. The molecule has 0 aromatic carbocycles. The van der Waals surface area contributed by atoms with E-state index in [9.17, 15) is 0 Å². The van der Waals surface area contributed by atoms with E-state index in [0.29, 0.717) is 5.00 Å². The molecule has 0 saturated carbocycles. The number of alkyl halides is 1. The summed E-state index contributed by atoms with van der Waals surface area (Å²) >= 11 is 6.23. The molecule has 0 fully saturated rings. The van der Waals surface area contributed by atoms with E-state index < -0.39 is 8.07 Å². The molecule has 0 rings (SSSR count). The molecular formula is C8H19ClSi. The highest BCUT2D eigenvalue weighted by Crippen LogP contribution is 2.25. The van der Waals surface area contributed by atoms with Crippen LogP contribution in [0.5, 0.6) is 0 Å². The van der Waals surface area contributed by atoms with E-state index in [1.165, 1.54) is 12.1 Å². The maximum atomic E-state index is 6.23. The van der Waals surface area contributed by atoms with Crippen molar-refractivity contribution in [3.63, 3.8) is 0 Å². The molecule has 0 nitrogen and oxygen atoms in total. The lowest BCUT2D eigenvalue weighted by Gasteiger charge is -2.28. The predicted molar refractivity (Wildman–Crippen MR) is 52.5 cm³/mol. The van der Waals surface area contributed by atoms with Crippen molar-refractivity contribution in [1.82, 2.24) is 0 Å². The zero-order valence-electron chi connectivity index (χ0n) is 7.58. The minimum Gasteiger partial charge on any atom is -0.127 e. The van der Waals surface area contributed by atoms with E-state index in [2.05, 4.69) is 27.3 Å². The van der Waals surface area contributed by atoms with Gasteiger partial charge in [0.15, 0.2) is 0 Å². The van der Waals surface area contributed by atoms with Gasteiger partial charge < -0.3 is 0 Å². The summed E-state index contributed by atoms with van der Waals surface area (Å²) in [5.74, 6) is 0. The monoisotopic (exact) mass is 178 g/mol. The third-order valence-electron chi connectivity index (χ3n) is 2.73. The molecule has 0 bridgehead atoms. The molecule has 1 atom stereocenters. The summed E-state index contributed by atoms with van der Waals surface area (Å²) in [6.07, 6.45) is 1.14. The maximum absolute atomic E-state index is 6.23. The molecular weight excluding hydrogens is 160 g/mol. The Morgan fingerprint density at radius 3 is 1.70 bits per heavy atom. The summed E-state index contributed by atoms with van der Waals surface area (Å²) in [4.78, 5) is 0. The fourth-order valence-electron chi connectivity index (χ4n) is 1.19. The molecule has 0 heterocycles. The van der Waals surface area contributed by atoms with Crippen molar-refractivity contribution in [2.45, 2.75) is 50.8 Å². The molecule has 10 heavy (non-hydrogen) atoms. The van der Waals surface area contributed by atoms with Crippen LogP contribution < -0.4 is 0 Å². The Morgan fingerprint density at radius 1 is 1.20 bits per heavy atom. The Kier molecular flexibility index (Phi) is 4.62. The van der Waals surface area contributed by atoms with Crippen LogP contribution in [0.3, 0.4) is 0 Å². The number of hydrogen-bond acceptors (Lipinski definition) is 0. The molecule has 0 spiro atoms. The molecule has 0 aliphatic carbocycles. The van der Waals surface area contributed by atoms with Crippen molar-refractivity contribution in [1.29, 1.82) is 0 Å². The van der Waals surface area contributed by atoms with Crippen LogP contribution in [0.4, 0.5) is 0 Å². The van der Waals surface area contributed by atoms with E-state index in [4.69, 9.17) is 11.6 Å². The van der Waals surface area contributed by atoms with Crippen LogP contribution in [0.1, 0.15) is 27.2 Å². The van der Waals surface area contributed by atoms with Gasteiger partial charge in [0.1, 0.15) is 0 Å². The third-order valence-corrected chi connectivity index (χ3v) is 9.77. The van der Waals surface area contributed by atoms with Gasteiger partial charge in [-0.05, 0) is 6.42 Å². The summed E-state index contributed by atoms with van der Waals surface area (Å²) in [6.45, 7) is 9.16. The highest BCUT2D eigenvalue weighted by atomic mass is 35.5. The highest BCUT2D eigenvalue weighted by Gasteiger charge is 2.29. The molecule has 0 radical (unpaired) electrons. The first-order valence-corrected chi connectivity index (χ1v) is 7.67. The van der Waals surface area contributed by atoms with Gasteiger partial charge in [0, 0.05) is 5.00 Å². The Balaban J connectivity index is 4.02. The Labute approximate surface area is 71.0 Å². The van der Waals surface area contributed by atoms with Crippen LogP contribution in [-0.2, 0) is 0 Å². The Bertz CT molecular complexity index is 89.3. The van der Waals surface area contributed by atoms with E-state index in [1.807, 2.05) is 0 Å². The van der Waals surface area contributed by atoms with Crippen molar-refractivity contribution in [3.8, 4) is 0 Å². The molecule has 0 aliphatic heterocycles.